The van der Waals surface area contributed by atoms with Gasteiger partial charge >= 0.3 is 18.4 Å². The van der Waals surface area contributed by atoms with Crippen molar-refractivity contribution in [2.24, 2.45) is 0 Å². The van der Waals surface area contributed by atoms with E-state index < -0.39 is 35.2 Å². The number of anilines is 2. The molecule has 0 saturated carbocycles. The van der Waals surface area contributed by atoms with E-state index in [4.69, 9.17) is 0 Å². The summed E-state index contributed by atoms with van der Waals surface area (Å²) in [5.41, 5.74) is -2.51. The normalized spacial score (nSPS) is 14.9. The van der Waals surface area contributed by atoms with E-state index in [2.05, 4.69) is 10.2 Å². The second-order valence-electron chi connectivity index (χ2n) is 7.31. The number of nitrogens with one attached hydrogen (secondary N) is 1. The molecule has 0 spiro atoms. The molecule has 1 aliphatic rings. The molecule has 2 amide bonds. The monoisotopic (exact) mass is 445 g/mol. The number of para-hydroxylation sites is 1. The van der Waals surface area contributed by atoms with Crippen LogP contribution in [0.2, 0.25) is 0 Å². The van der Waals surface area contributed by atoms with E-state index in [0.717, 1.165) is 18.7 Å². The van der Waals surface area contributed by atoms with E-state index in [9.17, 15) is 31.1 Å². The van der Waals surface area contributed by atoms with Gasteiger partial charge in [0.15, 0.2) is 0 Å². The number of halogens is 6. The Morgan fingerprint density at radius 1 is 1.00 bits per heavy atom. The Labute approximate surface area is 175 Å². The molecule has 1 N–H and O–H groups in total. The summed E-state index contributed by atoms with van der Waals surface area (Å²) in [6, 6.07) is 9.86. The van der Waals surface area contributed by atoms with E-state index in [1.807, 2.05) is 37.3 Å². The van der Waals surface area contributed by atoms with Crippen LogP contribution in [0.15, 0.2) is 48.5 Å². The topological polar surface area (TPSA) is 35.6 Å². The van der Waals surface area contributed by atoms with E-state index in [-0.39, 0.29) is 12.1 Å². The Morgan fingerprint density at radius 2 is 1.55 bits per heavy atom. The summed E-state index contributed by atoms with van der Waals surface area (Å²) >= 11 is 0. The van der Waals surface area contributed by atoms with Crippen LogP contribution in [0.4, 0.5) is 42.5 Å². The molecule has 0 unspecified atom stereocenters. The summed E-state index contributed by atoms with van der Waals surface area (Å²) in [6.07, 6.45) is -9.07. The maximum absolute atomic E-state index is 13.0. The van der Waals surface area contributed by atoms with Crippen molar-refractivity contribution in [2.75, 3.05) is 29.9 Å². The molecule has 1 fully saturated rings. The molecule has 2 aromatic carbocycles. The van der Waals surface area contributed by atoms with Crippen molar-refractivity contribution in [2.45, 2.75) is 31.7 Å². The van der Waals surface area contributed by atoms with E-state index in [1.54, 1.807) is 0 Å². The number of benzene rings is 2. The molecule has 1 heterocycles. The first-order valence-corrected chi connectivity index (χ1v) is 9.66. The maximum atomic E-state index is 13.0. The number of carbonyl (C=O) groups excluding carboxylic acids is 1. The Kier molecular flexibility index (Phi) is 6.38. The fourth-order valence-electron chi connectivity index (χ4n) is 3.43. The first-order chi connectivity index (χ1) is 14.5. The number of nitrogens with zero attached hydrogens (tertiary/aromatic N) is 2. The van der Waals surface area contributed by atoms with E-state index in [0.29, 0.717) is 25.2 Å². The van der Waals surface area contributed by atoms with Crippen LogP contribution < -0.4 is 10.2 Å². The van der Waals surface area contributed by atoms with Gasteiger partial charge in [0.25, 0.3) is 0 Å². The lowest BCUT2D eigenvalue weighted by Gasteiger charge is -2.46. The summed E-state index contributed by atoms with van der Waals surface area (Å²) in [5, 5.41) is 2.17. The van der Waals surface area contributed by atoms with Crippen LogP contribution in [0.3, 0.4) is 0 Å². The average molecular weight is 445 g/mol. The van der Waals surface area contributed by atoms with Gasteiger partial charge in [0.05, 0.1) is 17.2 Å². The van der Waals surface area contributed by atoms with Crippen molar-refractivity contribution >= 4 is 17.4 Å². The van der Waals surface area contributed by atoms with Gasteiger partial charge in [0, 0.05) is 31.0 Å². The van der Waals surface area contributed by atoms with Gasteiger partial charge in [-0.1, -0.05) is 25.1 Å². The lowest BCUT2D eigenvalue weighted by molar-refractivity contribution is -0.143. The molecule has 0 radical (unpaired) electrons. The molecule has 1 saturated heterocycles. The molecular formula is C21H21F6N3O. The smallest absolute Gasteiger partial charge is 0.365 e. The second-order valence-corrected chi connectivity index (χ2v) is 7.31. The van der Waals surface area contributed by atoms with Gasteiger partial charge in [-0.25, -0.2) is 4.79 Å². The molecule has 0 bridgehead atoms. The van der Waals surface area contributed by atoms with E-state index in [1.165, 1.54) is 4.90 Å². The Bertz CT molecular complexity index is 875. The molecular weight excluding hydrogens is 424 g/mol. The minimum Gasteiger partial charge on any atom is -0.365 e. The first-order valence-electron chi connectivity index (χ1n) is 9.66. The molecule has 0 atom stereocenters. The summed E-state index contributed by atoms with van der Waals surface area (Å²) in [4.78, 5) is 15.9. The van der Waals surface area contributed by atoms with Gasteiger partial charge in [-0.2, -0.15) is 26.3 Å². The molecule has 0 aromatic heterocycles. The molecule has 0 aliphatic carbocycles. The van der Waals surface area contributed by atoms with Gasteiger partial charge in [0.2, 0.25) is 0 Å². The van der Waals surface area contributed by atoms with Crippen LogP contribution in [-0.4, -0.2) is 36.6 Å². The average Bonchev–Trinajstić information content (AvgIpc) is 2.65. The lowest BCUT2D eigenvalue weighted by Crippen LogP contribution is -2.62. The zero-order valence-corrected chi connectivity index (χ0v) is 16.6. The second kappa shape index (κ2) is 8.68. The number of alkyl halides is 6. The predicted molar refractivity (Wildman–Crippen MR) is 105 cm³/mol. The highest BCUT2D eigenvalue weighted by Gasteiger charge is 2.38. The van der Waals surface area contributed by atoms with Crippen molar-refractivity contribution in [3.8, 4) is 0 Å². The van der Waals surface area contributed by atoms with Gasteiger partial charge < -0.3 is 15.1 Å². The number of rotatable bonds is 5. The molecule has 4 nitrogen and oxygen atoms in total. The molecule has 168 valence electrons. The summed E-state index contributed by atoms with van der Waals surface area (Å²) in [7, 11) is 0. The zero-order valence-electron chi connectivity index (χ0n) is 16.6. The molecule has 1 aliphatic heterocycles. The largest absolute Gasteiger partial charge is 0.416 e. The highest BCUT2D eigenvalue weighted by molar-refractivity contribution is 5.90. The third-order valence-corrected chi connectivity index (χ3v) is 4.98. The summed E-state index contributed by atoms with van der Waals surface area (Å²) in [5.74, 6) is 0. The van der Waals surface area contributed by atoms with Crippen molar-refractivity contribution in [3.63, 3.8) is 0 Å². The minimum absolute atomic E-state index is 0.0142. The van der Waals surface area contributed by atoms with Crippen LogP contribution in [0.25, 0.3) is 0 Å². The fourth-order valence-corrected chi connectivity index (χ4v) is 3.43. The first kappa shape index (κ1) is 22.8. The van der Waals surface area contributed by atoms with Crippen molar-refractivity contribution in [3.05, 3.63) is 59.7 Å². The van der Waals surface area contributed by atoms with Crippen LogP contribution in [-0.2, 0) is 12.4 Å². The third kappa shape index (κ3) is 5.42. The standard InChI is InChI=1S/C21H21F6N3O/c1-2-8-30(17-6-4-3-5-7-17)18-12-29(13-18)19(31)28-16-10-14(20(22,23)24)9-15(11-16)21(25,26)27/h3-7,9-11,18H,2,8,12-13H2,1H3,(H,28,31). The van der Waals surface area contributed by atoms with Crippen molar-refractivity contribution in [1.29, 1.82) is 0 Å². The van der Waals surface area contributed by atoms with Gasteiger partial charge in [-0.05, 0) is 36.8 Å². The van der Waals surface area contributed by atoms with Crippen LogP contribution in [0.5, 0.6) is 0 Å². The molecule has 2 aromatic rings. The highest BCUT2D eigenvalue weighted by Crippen LogP contribution is 2.37. The number of hydrogen-bond donors (Lipinski definition) is 1. The Hall–Kier alpha value is -2.91. The Morgan fingerprint density at radius 3 is 2.03 bits per heavy atom. The number of carbonyl (C=O) groups is 1. The van der Waals surface area contributed by atoms with Gasteiger partial charge in [-0.15, -0.1) is 0 Å². The van der Waals surface area contributed by atoms with Crippen molar-refractivity contribution in [1.82, 2.24) is 4.90 Å². The number of likely N-dealkylation sites (tertiary alicyclic amines) is 1. The van der Waals surface area contributed by atoms with E-state index >= 15 is 0 Å². The summed E-state index contributed by atoms with van der Waals surface area (Å²) in [6.45, 7) is 3.40. The Balaban J connectivity index is 1.70. The highest BCUT2D eigenvalue weighted by atomic mass is 19.4. The van der Waals surface area contributed by atoms with Crippen LogP contribution in [0.1, 0.15) is 24.5 Å². The lowest BCUT2D eigenvalue weighted by atomic mass is 10.1. The molecule has 31 heavy (non-hydrogen) atoms. The zero-order chi connectivity index (χ0) is 22.8. The number of urea groups is 1. The van der Waals surface area contributed by atoms with Gasteiger partial charge in [0.1, 0.15) is 0 Å². The maximum Gasteiger partial charge on any atom is 0.416 e. The summed E-state index contributed by atoms with van der Waals surface area (Å²) < 4.78 is 77.9. The predicted octanol–water partition coefficient (Wildman–Crippen LogP) is 5.86. The molecule has 3 rings (SSSR count). The molecule has 10 heteroatoms. The number of hydrogen-bond acceptors (Lipinski definition) is 2. The van der Waals surface area contributed by atoms with Crippen LogP contribution >= 0.6 is 0 Å². The third-order valence-electron chi connectivity index (χ3n) is 4.98. The SMILES string of the molecule is CCCN(c1ccccc1)C1CN(C(=O)Nc2cc(C(F)(F)F)cc(C(F)(F)F)c2)C1. The van der Waals surface area contributed by atoms with Gasteiger partial charge in [-0.3, -0.25) is 0 Å². The minimum atomic E-state index is -4.97. The van der Waals surface area contributed by atoms with Crippen molar-refractivity contribution < 1.29 is 31.1 Å². The van der Waals surface area contributed by atoms with Crippen LogP contribution in [0, 0.1) is 0 Å². The fraction of sp³-hybridized carbons (Fsp3) is 0.381. The quantitative estimate of drug-likeness (QED) is 0.586. The number of amides is 2.